The molecule has 0 radical (unpaired) electrons. The van der Waals surface area contributed by atoms with E-state index in [0.717, 1.165) is 21.7 Å². The standard InChI is InChI=1S/C16H13Cl/c1-12-6-8-14(9-7-12)10-11-15-4-3-5-16(17)13(15)2/h3-9H,1-2H3. The van der Waals surface area contributed by atoms with E-state index in [0.29, 0.717) is 0 Å². The second kappa shape index (κ2) is 5.08. The summed E-state index contributed by atoms with van der Waals surface area (Å²) in [4.78, 5) is 0. The maximum absolute atomic E-state index is 6.05. The second-order valence-electron chi connectivity index (χ2n) is 4.03. The van der Waals surface area contributed by atoms with Gasteiger partial charge in [-0.3, -0.25) is 0 Å². The van der Waals surface area contributed by atoms with Gasteiger partial charge in [0.1, 0.15) is 0 Å². The molecule has 0 nitrogen and oxygen atoms in total. The van der Waals surface area contributed by atoms with Crippen molar-refractivity contribution in [2.45, 2.75) is 13.8 Å². The van der Waals surface area contributed by atoms with Crippen molar-refractivity contribution >= 4 is 11.6 Å². The number of halogens is 1. The minimum atomic E-state index is 0.765. The molecule has 0 aliphatic rings. The van der Waals surface area contributed by atoms with Gasteiger partial charge < -0.3 is 0 Å². The van der Waals surface area contributed by atoms with Crippen LogP contribution < -0.4 is 0 Å². The molecule has 2 aromatic rings. The molecule has 1 heteroatoms. The van der Waals surface area contributed by atoms with Gasteiger partial charge in [0.05, 0.1) is 0 Å². The van der Waals surface area contributed by atoms with Crippen molar-refractivity contribution in [3.63, 3.8) is 0 Å². The van der Waals surface area contributed by atoms with Gasteiger partial charge in [-0.05, 0) is 43.7 Å². The lowest BCUT2D eigenvalue weighted by molar-refractivity contribution is 1.43. The average Bonchev–Trinajstić information content (AvgIpc) is 2.33. The Labute approximate surface area is 107 Å². The summed E-state index contributed by atoms with van der Waals surface area (Å²) in [6.45, 7) is 4.06. The summed E-state index contributed by atoms with van der Waals surface area (Å²) in [6, 6.07) is 14.0. The fourth-order valence-corrected chi connectivity index (χ4v) is 1.69. The van der Waals surface area contributed by atoms with Crippen LogP contribution in [-0.4, -0.2) is 0 Å². The van der Waals surface area contributed by atoms with Gasteiger partial charge in [-0.2, -0.15) is 0 Å². The van der Waals surface area contributed by atoms with Crippen LogP contribution in [0.1, 0.15) is 22.3 Å². The van der Waals surface area contributed by atoms with Crippen LogP contribution in [0.4, 0.5) is 0 Å². The van der Waals surface area contributed by atoms with Crippen LogP contribution in [0.25, 0.3) is 0 Å². The van der Waals surface area contributed by atoms with Crippen LogP contribution in [0.2, 0.25) is 5.02 Å². The first-order valence-corrected chi connectivity index (χ1v) is 5.88. The van der Waals surface area contributed by atoms with Crippen molar-refractivity contribution in [3.05, 3.63) is 69.7 Å². The van der Waals surface area contributed by atoms with Gasteiger partial charge in [0.15, 0.2) is 0 Å². The monoisotopic (exact) mass is 240 g/mol. The Hall–Kier alpha value is -1.71. The summed E-state index contributed by atoms with van der Waals surface area (Å²) in [5.74, 6) is 6.30. The molecular formula is C16H13Cl. The maximum Gasteiger partial charge on any atom is 0.0447 e. The Bertz CT molecular complexity index is 583. The highest BCUT2D eigenvalue weighted by Crippen LogP contribution is 2.17. The first kappa shape index (κ1) is 11.8. The summed E-state index contributed by atoms with van der Waals surface area (Å²) >= 11 is 6.05. The third-order valence-electron chi connectivity index (χ3n) is 2.66. The van der Waals surface area contributed by atoms with Crippen LogP contribution in [0.5, 0.6) is 0 Å². The number of hydrogen-bond donors (Lipinski definition) is 0. The highest BCUT2D eigenvalue weighted by molar-refractivity contribution is 6.31. The molecule has 0 bridgehead atoms. The van der Waals surface area contributed by atoms with Crippen molar-refractivity contribution in [1.82, 2.24) is 0 Å². The van der Waals surface area contributed by atoms with E-state index in [1.165, 1.54) is 5.56 Å². The normalized spacial score (nSPS) is 9.59. The third-order valence-corrected chi connectivity index (χ3v) is 3.07. The largest absolute Gasteiger partial charge is 0.0840 e. The summed E-state index contributed by atoms with van der Waals surface area (Å²) in [6.07, 6.45) is 0. The van der Waals surface area contributed by atoms with Crippen LogP contribution in [-0.2, 0) is 0 Å². The molecule has 84 valence electrons. The lowest BCUT2D eigenvalue weighted by Crippen LogP contribution is -1.83. The molecule has 0 aliphatic carbocycles. The van der Waals surface area contributed by atoms with Gasteiger partial charge in [-0.1, -0.05) is 47.2 Å². The molecule has 0 spiro atoms. The highest BCUT2D eigenvalue weighted by Gasteiger charge is 1.98. The number of rotatable bonds is 0. The molecule has 0 N–H and O–H groups in total. The molecule has 2 rings (SSSR count). The average molecular weight is 241 g/mol. The van der Waals surface area contributed by atoms with Crippen molar-refractivity contribution in [1.29, 1.82) is 0 Å². The van der Waals surface area contributed by atoms with Crippen LogP contribution in [0.15, 0.2) is 42.5 Å². The maximum atomic E-state index is 6.05. The predicted octanol–water partition coefficient (Wildman–Crippen LogP) is 4.36. The molecule has 0 fully saturated rings. The number of hydrogen-bond acceptors (Lipinski definition) is 0. The van der Waals surface area contributed by atoms with Crippen molar-refractivity contribution in [3.8, 4) is 11.8 Å². The third kappa shape index (κ3) is 2.90. The van der Waals surface area contributed by atoms with Gasteiger partial charge in [0, 0.05) is 16.1 Å². The fraction of sp³-hybridized carbons (Fsp3) is 0.125. The van der Waals surface area contributed by atoms with E-state index in [4.69, 9.17) is 11.6 Å². The van der Waals surface area contributed by atoms with E-state index < -0.39 is 0 Å². The Morgan fingerprint density at radius 3 is 2.29 bits per heavy atom. The molecule has 17 heavy (non-hydrogen) atoms. The first-order chi connectivity index (χ1) is 8.16. The Morgan fingerprint density at radius 2 is 1.59 bits per heavy atom. The minimum absolute atomic E-state index is 0.765. The lowest BCUT2D eigenvalue weighted by atomic mass is 10.1. The van der Waals surface area contributed by atoms with E-state index in [1.807, 2.05) is 37.3 Å². The zero-order chi connectivity index (χ0) is 12.3. The Balaban J connectivity index is 2.33. The van der Waals surface area contributed by atoms with E-state index in [2.05, 4.69) is 30.9 Å². The Kier molecular flexibility index (Phi) is 3.52. The summed E-state index contributed by atoms with van der Waals surface area (Å²) in [5.41, 5.74) is 4.29. The van der Waals surface area contributed by atoms with E-state index in [1.54, 1.807) is 0 Å². The highest BCUT2D eigenvalue weighted by atomic mass is 35.5. The quantitative estimate of drug-likeness (QED) is 0.601. The van der Waals surface area contributed by atoms with Gasteiger partial charge in [-0.25, -0.2) is 0 Å². The predicted molar refractivity (Wildman–Crippen MR) is 73.3 cm³/mol. The zero-order valence-corrected chi connectivity index (χ0v) is 10.7. The molecular weight excluding hydrogens is 228 g/mol. The summed E-state index contributed by atoms with van der Waals surface area (Å²) < 4.78 is 0. The fourth-order valence-electron chi connectivity index (χ4n) is 1.52. The van der Waals surface area contributed by atoms with Gasteiger partial charge in [0.25, 0.3) is 0 Å². The SMILES string of the molecule is Cc1ccc(C#Cc2cccc(Cl)c2C)cc1. The number of aryl methyl sites for hydroxylation is 1. The molecule has 0 saturated carbocycles. The Morgan fingerprint density at radius 1 is 0.882 bits per heavy atom. The van der Waals surface area contributed by atoms with Crippen molar-refractivity contribution in [2.24, 2.45) is 0 Å². The second-order valence-corrected chi connectivity index (χ2v) is 4.44. The molecule has 0 atom stereocenters. The minimum Gasteiger partial charge on any atom is -0.0840 e. The van der Waals surface area contributed by atoms with Gasteiger partial charge >= 0.3 is 0 Å². The molecule has 0 amide bonds. The molecule has 2 aromatic carbocycles. The van der Waals surface area contributed by atoms with Gasteiger partial charge in [-0.15, -0.1) is 0 Å². The van der Waals surface area contributed by atoms with Crippen LogP contribution >= 0.6 is 11.6 Å². The molecule has 0 aromatic heterocycles. The van der Waals surface area contributed by atoms with E-state index in [-0.39, 0.29) is 0 Å². The molecule has 0 saturated heterocycles. The molecule has 0 heterocycles. The lowest BCUT2D eigenvalue weighted by Gasteiger charge is -1.99. The smallest absolute Gasteiger partial charge is 0.0447 e. The molecule has 0 unspecified atom stereocenters. The summed E-state index contributed by atoms with van der Waals surface area (Å²) in [7, 11) is 0. The van der Waals surface area contributed by atoms with Crippen molar-refractivity contribution < 1.29 is 0 Å². The zero-order valence-electron chi connectivity index (χ0n) is 9.92. The topological polar surface area (TPSA) is 0 Å². The first-order valence-electron chi connectivity index (χ1n) is 5.50. The van der Waals surface area contributed by atoms with Crippen LogP contribution in [0.3, 0.4) is 0 Å². The van der Waals surface area contributed by atoms with E-state index in [9.17, 15) is 0 Å². The van der Waals surface area contributed by atoms with Crippen molar-refractivity contribution in [2.75, 3.05) is 0 Å². The summed E-state index contributed by atoms with van der Waals surface area (Å²) in [5, 5.41) is 0.765. The molecule has 0 aliphatic heterocycles. The van der Waals surface area contributed by atoms with Crippen LogP contribution in [0, 0.1) is 25.7 Å². The van der Waals surface area contributed by atoms with E-state index >= 15 is 0 Å². The number of benzene rings is 2. The van der Waals surface area contributed by atoms with Gasteiger partial charge in [0.2, 0.25) is 0 Å².